The summed E-state index contributed by atoms with van der Waals surface area (Å²) in [6.07, 6.45) is 0. The van der Waals surface area contributed by atoms with Crippen molar-refractivity contribution in [1.29, 1.82) is 0 Å². The summed E-state index contributed by atoms with van der Waals surface area (Å²) in [7, 11) is 1.64. The van der Waals surface area contributed by atoms with E-state index in [0.29, 0.717) is 5.95 Å². The first-order valence-corrected chi connectivity index (χ1v) is 8.61. The van der Waals surface area contributed by atoms with Gasteiger partial charge in [0.2, 0.25) is 5.95 Å². The second kappa shape index (κ2) is 7.04. The van der Waals surface area contributed by atoms with Crippen LogP contribution in [0.1, 0.15) is 4.88 Å². The largest absolute Gasteiger partial charge is 0.497 e. The SMILES string of the molecule is COc1ccc(Nc2n[nH]c(SCc3ccc(Cl)s3)n2)cc1. The van der Waals surface area contributed by atoms with E-state index in [9.17, 15) is 0 Å². The third-order valence-corrected chi connectivity index (χ3v) is 5.12. The topological polar surface area (TPSA) is 62.8 Å². The summed E-state index contributed by atoms with van der Waals surface area (Å²) in [5, 5.41) is 11.0. The monoisotopic (exact) mass is 352 g/mol. The molecular weight excluding hydrogens is 340 g/mol. The van der Waals surface area contributed by atoms with E-state index < -0.39 is 0 Å². The molecule has 0 atom stereocenters. The summed E-state index contributed by atoms with van der Waals surface area (Å²) in [5.41, 5.74) is 0.904. The maximum atomic E-state index is 5.91. The highest BCUT2D eigenvalue weighted by Crippen LogP contribution is 2.28. The molecule has 22 heavy (non-hydrogen) atoms. The second-order valence-corrected chi connectivity index (χ2v) is 7.08. The molecule has 0 spiro atoms. The van der Waals surface area contributed by atoms with Gasteiger partial charge in [-0.25, -0.2) is 0 Å². The highest BCUT2D eigenvalue weighted by atomic mass is 35.5. The Balaban J connectivity index is 1.58. The van der Waals surface area contributed by atoms with Crippen molar-refractivity contribution in [3.05, 3.63) is 45.6 Å². The lowest BCUT2D eigenvalue weighted by atomic mass is 10.3. The van der Waals surface area contributed by atoms with E-state index in [1.807, 2.05) is 36.4 Å². The number of ether oxygens (including phenoxy) is 1. The van der Waals surface area contributed by atoms with Crippen molar-refractivity contribution in [2.24, 2.45) is 0 Å². The summed E-state index contributed by atoms with van der Waals surface area (Å²) in [6.45, 7) is 0. The van der Waals surface area contributed by atoms with Gasteiger partial charge in [0.25, 0.3) is 0 Å². The number of benzene rings is 1. The molecule has 0 radical (unpaired) electrons. The number of rotatable bonds is 6. The van der Waals surface area contributed by atoms with Crippen LogP contribution in [0.15, 0.2) is 41.6 Å². The van der Waals surface area contributed by atoms with Gasteiger partial charge in [-0.3, -0.25) is 5.10 Å². The van der Waals surface area contributed by atoms with Crippen LogP contribution in [0.2, 0.25) is 4.34 Å². The van der Waals surface area contributed by atoms with Gasteiger partial charge in [0.05, 0.1) is 11.4 Å². The van der Waals surface area contributed by atoms with Crippen molar-refractivity contribution < 1.29 is 4.74 Å². The Bertz CT molecular complexity index is 741. The Morgan fingerprint density at radius 3 is 2.77 bits per heavy atom. The number of hydrogen-bond acceptors (Lipinski definition) is 6. The minimum Gasteiger partial charge on any atom is -0.497 e. The molecule has 2 N–H and O–H groups in total. The van der Waals surface area contributed by atoms with Crippen LogP contribution in [0.5, 0.6) is 5.75 Å². The lowest BCUT2D eigenvalue weighted by Crippen LogP contribution is -1.92. The Kier molecular flexibility index (Phi) is 4.87. The Labute approximate surface area is 141 Å². The van der Waals surface area contributed by atoms with Crippen molar-refractivity contribution in [1.82, 2.24) is 15.2 Å². The van der Waals surface area contributed by atoms with Crippen molar-refractivity contribution in [3.63, 3.8) is 0 Å². The van der Waals surface area contributed by atoms with E-state index in [1.54, 1.807) is 30.2 Å². The van der Waals surface area contributed by atoms with E-state index in [0.717, 1.165) is 26.7 Å². The van der Waals surface area contributed by atoms with Gasteiger partial charge in [-0.1, -0.05) is 23.4 Å². The lowest BCUT2D eigenvalue weighted by Gasteiger charge is -2.03. The van der Waals surface area contributed by atoms with E-state index in [-0.39, 0.29) is 0 Å². The van der Waals surface area contributed by atoms with Crippen molar-refractivity contribution in [2.75, 3.05) is 12.4 Å². The summed E-state index contributed by atoms with van der Waals surface area (Å²) in [5.74, 6) is 2.16. The van der Waals surface area contributed by atoms with Gasteiger partial charge in [-0.05, 0) is 36.4 Å². The number of halogens is 1. The number of anilines is 2. The molecule has 2 heterocycles. The summed E-state index contributed by atoms with van der Waals surface area (Å²) in [6, 6.07) is 11.5. The van der Waals surface area contributed by atoms with Crippen LogP contribution >= 0.6 is 34.7 Å². The van der Waals surface area contributed by atoms with Crippen LogP contribution < -0.4 is 10.1 Å². The molecule has 0 fully saturated rings. The fraction of sp³-hybridized carbons (Fsp3) is 0.143. The molecular formula is C14H13ClN4OS2. The first kappa shape index (κ1) is 15.2. The lowest BCUT2D eigenvalue weighted by molar-refractivity contribution is 0.415. The molecule has 0 aliphatic carbocycles. The Morgan fingerprint density at radius 2 is 2.09 bits per heavy atom. The minimum absolute atomic E-state index is 0.539. The zero-order valence-electron chi connectivity index (χ0n) is 11.7. The Hall–Kier alpha value is -1.70. The van der Waals surface area contributed by atoms with E-state index in [4.69, 9.17) is 16.3 Å². The number of thiophene rings is 1. The van der Waals surface area contributed by atoms with Crippen molar-refractivity contribution in [2.45, 2.75) is 10.9 Å². The number of nitrogens with zero attached hydrogens (tertiary/aromatic N) is 2. The van der Waals surface area contributed by atoms with Crippen molar-refractivity contribution >= 4 is 46.3 Å². The molecule has 0 unspecified atom stereocenters. The average Bonchev–Trinajstić information content (AvgIpc) is 3.15. The molecule has 0 bridgehead atoms. The molecule has 0 aliphatic rings. The standard InChI is InChI=1S/C14H13ClN4OS2/c1-20-10-4-2-9(3-5-10)16-13-17-14(19-18-13)21-8-11-6-7-12(15)22-11/h2-7H,8H2,1H3,(H2,16,17,18,19). The third kappa shape index (κ3) is 3.94. The molecule has 0 saturated heterocycles. The molecule has 5 nitrogen and oxygen atoms in total. The summed E-state index contributed by atoms with van der Waals surface area (Å²) >= 11 is 9.07. The quantitative estimate of drug-likeness (QED) is 0.636. The first-order valence-electron chi connectivity index (χ1n) is 6.43. The van der Waals surface area contributed by atoms with E-state index in [1.165, 1.54) is 4.88 Å². The fourth-order valence-corrected chi connectivity index (χ4v) is 3.67. The molecule has 0 saturated carbocycles. The highest BCUT2D eigenvalue weighted by Gasteiger charge is 2.06. The zero-order valence-corrected chi connectivity index (χ0v) is 14.1. The number of nitrogens with one attached hydrogen (secondary N) is 2. The molecule has 0 amide bonds. The van der Waals surface area contributed by atoms with Gasteiger partial charge in [0.1, 0.15) is 5.75 Å². The molecule has 114 valence electrons. The molecule has 8 heteroatoms. The maximum absolute atomic E-state index is 5.91. The fourth-order valence-electron chi connectivity index (χ4n) is 1.74. The van der Waals surface area contributed by atoms with E-state index in [2.05, 4.69) is 20.5 Å². The van der Waals surface area contributed by atoms with Gasteiger partial charge in [0, 0.05) is 16.3 Å². The number of hydrogen-bond donors (Lipinski definition) is 2. The molecule has 3 aromatic rings. The molecule has 3 rings (SSSR count). The van der Waals surface area contributed by atoms with Crippen molar-refractivity contribution in [3.8, 4) is 5.75 Å². The van der Waals surface area contributed by atoms with Crippen LogP contribution in [-0.2, 0) is 5.75 Å². The number of methoxy groups -OCH3 is 1. The minimum atomic E-state index is 0.539. The van der Waals surface area contributed by atoms with Crippen LogP contribution in [0.4, 0.5) is 11.6 Å². The van der Waals surface area contributed by atoms with Gasteiger partial charge >= 0.3 is 0 Å². The third-order valence-electron chi connectivity index (χ3n) is 2.79. The maximum Gasteiger partial charge on any atom is 0.247 e. The number of thioether (sulfide) groups is 1. The van der Waals surface area contributed by atoms with Crippen LogP contribution in [0, 0.1) is 0 Å². The highest BCUT2D eigenvalue weighted by molar-refractivity contribution is 7.98. The van der Waals surface area contributed by atoms with E-state index >= 15 is 0 Å². The van der Waals surface area contributed by atoms with Gasteiger partial charge in [-0.15, -0.1) is 16.4 Å². The second-order valence-electron chi connectivity index (χ2n) is 4.31. The number of aromatic amines is 1. The predicted octanol–water partition coefficient (Wildman–Crippen LogP) is 4.56. The molecule has 1 aromatic carbocycles. The van der Waals surface area contributed by atoms with Crippen LogP contribution in [0.25, 0.3) is 0 Å². The summed E-state index contributed by atoms with van der Waals surface area (Å²) < 4.78 is 5.92. The molecule has 2 aromatic heterocycles. The first-order chi connectivity index (χ1) is 10.7. The predicted molar refractivity (Wildman–Crippen MR) is 91.5 cm³/mol. The average molecular weight is 353 g/mol. The normalized spacial score (nSPS) is 10.6. The number of aromatic nitrogens is 3. The smallest absolute Gasteiger partial charge is 0.247 e. The van der Waals surface area contributed by atoms with Gasteiger partial charge < -0.3 is 10.1 Å². The van der Waals surface area contributed by atoms with Crippen LogP contribution in [0.3, 0.4) is 0 Å². The number of H-pyrrole nitrogens is 1. The van der Waals surface area contributed by atoms with Gasteiger partial charge in [-0.2, -0.15) is 4.98 Å². The van der Waals surface area contributed by atoms with Gasteiger partial charge in [0.15, 0.2) is 5.16 Å². The summed E-state index contributed by atoms with van der Waals surface area (Å²) in [4.78, 5) is 5.60. The zero-order chi connectivity index (χ0) is 15.4. The molecule has 0 aliphatic heterocycles. The Morgan fingerprint density at radius 1 is 1.27 bits per heavy atom. The van der Waals surface area contributed by atoms with Crippen LogP contribution in [-0.4, -0.2) is 22.3 Å².